The highest BCUT2D eigenvalue weighted by Crippen LogP contribution is 2.32. The number of hydrogen-bond donors (Lipinski definition) is 2. The summed E-state index contributed by atoms with van der Waals surface area (Å²) in [5, 5.41) is 11.9. The van der Waals surface area contributed by atoms with Gasteiger partial charge in [-0.15, -0.1) is 0 Å². The van der Waals surface area contributed by atoms with E-state index < -0.39 is 5.60 Å². The van der Waals surface area contributed by atoms with Crippen molar-refractivity contribution in [2.75, 3.05) is 5.73 Å². The average molecular weight is 242 g/mol. The number of nitrogens with two attached hydrogens (primary N) is 1. The standard InChI is InChI=1S/C14H14N2O2/c1-14(2,17)12-10(15)7-9-8-5-3-4-6-11(8)18-13(9)16-12/h3-7,17H,15H2,1-2H3. The number of rotatable bonds is 1. The SMILES string of the molecule is CC(C)(O)c1nc2oc3ccccc3c2cc1N. The van der Waals surface area contributed by atoms with Crippen LogP contribution in [0, 0.1) is 0 Å². The van der Waals surface area contributed by atoms with Gasteiger partial charge in [0.15, 0.2) is 0 Å². The highest BCUT2D eigenvalue weighted by atomic mass is 16.3. The number of pyridine rings is 1. The minimum Gasteiger partial charge on any atom is -0.438 e. The van der Waals surface area contributed by atoms with Gasteiger partial charge in [-0.25, -0.2) is 4.98 Å². The van der Waals surface area contributed by atoms with Crippen LogP contribution in [0.1, 0.15) is 19.5 Å². The van der Waals surface area contributed by atoms with Gasteiger partial charge in [-0.05, 0) is 26.0 Å². The zero-order valence-electron chi connectivity index (χ0n) is 10.3. The van der Waals surface area contributed by atoms with Crippen LogP contribution in [0.25, 0.3) is 22.1 Å². The van der Waals surface area contributed by atoms with Crippen molar-refractivity contribution in [2.45, 2.75) is 19.4 Å². The Morgan fingerprint density at radius 3 is 2.67 bits per heavy atom. The lowest BCUT2D eigenvalue weighted by Crippen LogP contribution is -2.19. The number of fused-ring (bicyclic) bond motifs is 3. The molecule has 3 aromatic rings. The Morgan fingerprint density at radius 1 is 1.22 bits per heavy atom. The van der Waals surface area contributed by atoms with Crippen LogP contribution in [-0.2, 0) is 5.60 Å². The van der Waals surface area contributed by atoms with E-state index >= 15 is 0 Å². The smallest absolute Gasteiger partial charge is 0.227 e. The quantitative estimate of drug-likeness (QED) is 0.688. The maximum atomic E-state index is 10.0. The molecule has 4 nitrogen and oxygen atoms in total. The van der Waals surface area contributed by atoms with Crippen LogP contribution < -0.4 is 5.73 Å². The second-order valence-electron chi connectivity index (χ2n) is 4.94. The van der Waals surface area contributed by atoms with Crippen molar-refractivity contribution in [3.63, 3.8) is 0 Å². The van der Waals surface area contributed by atoms with Gasteiger partial charge in [0, 0.05) is 5.39 Å². The summed E-state index contributed by atoms with van der Waals surface area (Å²) in [4.78, 5) is 4.34. The van der Waals surface area contributed by atoms with E-state index in [0.29, 0.717) is 17.1 Å². The van der Waals surface area contributed by atoms with E-state index in [-0.39, 0.29) is 0 Å². The Balaban J connectivity index is 2.40. The number of hydrogen-bond acceptors (Lipinski definition) is 4. The summed E-state index contributed by atoms with van der Waals surface area (Å²) >= 11 is 0. The highest BCUT2D eigenvalue weighted by molar-refractivity contribution is 6.04. The summed E-state index contributed by atoms with van der Waals surface area (Å²) in [6.45, 7) is 3.31. The summed E-state index contributed by atoms with van der Waals surface area (Å²) in [5.41, 5.74) is 7.06. The van der Waals surface area contributed by atoms with Crippen molar-refractivity contribution in [1.82, 2.24) is 4.98 Å². The first-order valence-electron chi connectivity index (χ1n) is 5.77. The molecule has 0 aliphatic heterocycles. The molecule has 0 aliphatic carbocycles. The predicted octanol–water partition coefficient (Wildman–Crippen LogP) is 2.79. The molecule has 0 radical (unpaired) electrons. The molecule has 3 N–H and O–H groups in total. The van der Waals surface area contributed by atoms with E-state index in [0.717, 1.165) is 16.4 Å². The zero-order chi connectivity index (χ0) is 12.9. The Morgan fingerprint density at radius 2 is 1.94 bits per heavy atom. The minimum absolute atomic E-state index is 0.439. The van der Waals surface area contributed by atoms with Crippen molar-refractivity contribution >= 4 is 27.8 Å². The van der Waals surface area contributed by atoms with Crippen LogP contribution in [0.15, 0.2) is 34.7 Å². The molecule has 2 aromatic heterocycles. The van der Waals surface area contributed by atoms with Gasteiger partial charge >= 0.3 is 0 Å². The molecule has 0 saturated heterocycles. The fraction of sp³-hybridized carbons (Fsp3) is 0.214. The number of nitrogen functional groups attached to an aromatic ring is 1. The average Bonchev–Trinajstić information content (AvgIpc) is 2.65. The molecule has 0 bridgehead atoms. The van der Waals surface area contributed by atoms with Gasteiger partial charge in [0.05, 0.1) is 16.8 Å². The molecule has 0 spiro atoms. The van der Waals surface area contributed by atoms with Crippen LogP contribution in [-0.4, -0.2) is 10.1 Å². The van der Waals surface area contributed by atoms with Gasteiger partial charge in [-0.2, -0.15) is 0 Å². The fourth-order valence-corrected chi connectivity index (χ4v) is 2.16. The number of aliphatic hydroxyl groups is 1. The van der Waals surface area contributed by atoms with Gasteiger partial charge < -0.3 is 15.3 Å². The second-order valence-corrected chi connectivity index (χ2v) is 4.94. The van der Waals surface area contributed by atoms with Crippen molar-refractivity contribution < 1.29 is 9.52 Å². The first kappa shape index (κ1) is 11.0. The lowest BCUT2D eigenvalue weighted by Gasteiger charge is -2.18. The molecule has 92 valence electrons. The topological polar surface area (TPSA) is 72.3 Å². The monoisotopic (exact) mass is 242 g/mol. The summed E-state index contributed by atoms with van der Waals surface area (Å²) in [6.07, 6.45) is 0. The van der Waals surface area contributed by atoms with Crippen molar-refractivity contribution in [3.05, 3.63) is 36.0 Å². The Kier molecular flexibility index (Phi) is 2.12. The van der Waals surface area contributed by atoms with Gasteiger partial charge in [0.25, 0.3) is 0 Å². The van der Waals surface area contributed by atoms with Crippen molar-refractivity contribution in [3.8, 4) is 0 Å². The Hall–Kier alpha value is -2.07. The zero-order valence-corrected chi connectivity index (χ0v) is 10.3. The number of nitrogens with zero attached hydrogens (tertiary/aromatic N) is 1. The van der Waals surface area contributed by atoms with Crippen LogP contribution in [0.2, 0.25) is 0 Å². The third-order valence-corrected chi connectivity index (χ3v) is 2.98. The maximum Gasteiger partial charge on any atom is 0.227 e. The van der Waals surface area contributed by atoms with E-state index in [4.69, 9.17) is 10.2 Å². The minimum atomic E-state index is -1.09. The van der Waals surface area contributed by atoms with Gasteiger partial charge in [0.2, 0.25) is 5.71 Å². The summed E-state index contributed by atoms with van der Waals surface area (Å²) < 4.78 is 5.67. The highest BCUT2D eigenvalue weighted by Gasteiger charge is 2.23. The predicted molar refractivity (Wildman–Crippen MR) is 71.2 cm³/mol. The molecule has 0 amide bonds. The Labute approximate surface area is 104 Å². The third kappa shape index (κ3) is 1.54. The van der Waals surface area contributed by atoms with Crippen LogP contribution in [0.5, 0.6) is 0 Å². The van der Waals surface area contributed by atoms with E-state index in [1.165, 1.54) is 0 Å². The van der Waals surface area contributed by atoms with E-state index in [9.17, 15) is 5.11 Å². The van der Waals surface area contributed by atoms with E-state index in [2.05, 4.69) is 4.98 Å². The molecule has 4 heteroatoms. The van der Waals surface area contributed by atoms with Crippen LogP contribution in [0.4, 0.5) is 5.69 Å². The molecule has 18 heavy (non-hydrogen) atoms. The van der Waals surface area contributed by atoms with E-state index in [1.807, 2.05) is 30.3 Å². The van der Waals surface area contributed by atoms with Gasteiger partial charge in [-0.3, -0.25) is 0 Å². The number of aromatic nitrogens is 1. The van der Waals surface area contributed by atoms with Crippen LogP contribution >= 0.6 is 0 Å². The molecule has 0 atom stereocenters. The molecule has 2 heterocycles. The summed E-state index contributed by atoms with van der Waals surface area (Å²) in [7, 11) is 0. The molecule has 0 aliphatic rings. The number of anilines is 1. The summed E-state index contributed by atoms with van der Waals surface area (Å²) in [5.74, 6) is 0. The molecular weight excluding hydrogens is 228 g/mol. The third-order valence-electron chi connectivity index (χ3n) is 2.98. The molecule has 0 fully saturated rings. The maximum absolute atomic E-state index is 10.0. The lowest BCUT2D eigenvalue weighted by atomic mass is 10.0. The first-order valence-corrected chi connectivity index (χ1v) is 5.77. The van der Waals surface area contributed by atoms with Crippen molar-refractivity contribution in [1.29, 1.82) is 0 Å². The molecule has 0 saturated carbocycles. The molecule has 0 unspecified atom stereocenters. The number of benzene rings is 1. The first-order chi connectivity index (χ1) is 8.47. The second kappa shape index (κ2) is 3.46. The molecule has 1 aromatic carbocycles. The largest absolute Gasteiger partial charge is 0.438 e. The number of para-hydroxylation sites is 1. The summed E-state index contributed by atoms with van der Waals surface area (Å²) in [6, 6.07) is 9.51. The van der Waals surface area contributed by atoms with Gasteiger partial charge in [-0.1, -0.05) is 18.2 Å². The van der Waals surface area contributed by atoms with Crippen molar-refractivity contribution in [2.24, 2.45) is 0 Å². The number of furan rings is 1. The molecular formula is C14H14N2O2. The molecule has 3 rings (SSSR count). The lowest BCUT2D eigenvalue weighted by molar-refractivity contribution is 0.0748. The Bertz CT molecular complexity index is 738. The fourth-order valence-electron chi connectivity index (χ4n) is 2.16. The van der Waals surface area contributed by atoms with E-state index in [1.54, 1.807) is 13.8 Å². The van der Waals surface area contributed by atoms with Gasteiger partial charge in [0.1, 0.15) is 11.2 Å². The van der Waals surface area contributed by atoms with Crippen LogP contribution in [0.3, 0.4) is 0 Å². The normalized spacial score (nSPS) is 12.4.